The maximum absolute atomic E-state index is 12.3. The van der Waals surface area contributed by atoms with Crippen molar-refractivity contribution in [1.29, 1.82) is 0 Å². The van der Waals surface area contributed by atoms with Crippen LogP contribution >= 0.6 is 0 Å². The third-order valence-electron chi connectivity index (χ3n) is 2.89. The minimum absolute atomic E-state index is 0.00792. The average Bonchev–Trinajstić information content (AvgIpc) is 2.46. The number of para-hydroxylation sites is 1. The zero-order valence-electron chi connectivity index (χ0n) is 10.7. The highest BCUT2D eigenvalue weighted by Crippen LogP contribution is 2.14. The minimum atomic E-state index is -0.0462. The Labute approximate surface area is 113 Å². The fourth-order valence-electron chi connectivity index (χ4n) is 1.97. The molecule has 0 aliphatic carbocycles. The maximum atomic E-state index is 12.3. The van der Waals surface area contributed by atoms with E-state index in [1.54, 1.807) is 4.90 Å². The van der Waals surface area contributed by atoms with E-state index in [4.69, 9.17) is 5.11 Å². The third-order valence-corrected chi connectivity index (χ3v) is 2.89. The predicted molar refractivity (Wildman–Crippen MR) is 76.0 cm³/mol. The summed E-state index contributed by atoms with van der Waals surface area (Å²) in [6.07, 6.45) is 0.343. The largest absolute Gasteiger partial charge is 0.395 e. The van der Waals surface area contributed by atoms with Crippen LogP contribution in [0.3, 0.4) is 0 Å². The molecule has 2 aromatic carbocycles. The summed E-state index contributed by atoms with van der Waals surface area (Å²) in [6, 6.07) is 19.0. The first kappa shape index (κ1) is 13.3. The lowest BCUT2D eigenvalue weighted by Crippen LogP contribution is -2.34. The third kappa shape index (κ3) is 3.66. The highest BCUT2D eigenvalue weighted by atomic mass is 16.3. The van der Waals surface area contributed by atoms with Gasteiger partial charge < -0.3 is 10.0 Å². The Bertz CT molecular complexity index is 511. The average molecular weight is 255 g/mol. The number of benzene rings is 2. The predicted octanol–water partition coefficient (Wildman–Crippen LogP) is 2.25. The maximum Gasteiger partial charge on any atom is 0.231 e. The quantitative estimate of drug-likeness (QED) is 0.890. The SMILES string of the molecule is O=C(Cc1ccccc1)N(CCO)c1ccccc1. The molecule has 3 nitrogen and oxygen atoms in total. The van der Waals surface area contributed by atoms with Crippen LogP contribution < -0.4 is 4.90 Å². The number of aliphatic hydroxyl groups is 1. The number of anilines is 1. The van der Waals surface area contributed by atoms with Crippen molar-refractivity contribution >= 4 is 11.6 Å². The molecule has 3 heteroatoms. The van der Waals surface area contributed by atoms with Gasteiger partial charge in [0.2, 0.25) is 5.91 Å². The van der Waals surface area contributed by atoms with Crippen molar-refractivity contribution in [3.8, 4) is 0 Å². The van der Waals surface area contributed by atoms with Crippen LogP contribution in [0.25, 0.3) is 0 Å². The molecule has 0 fully saturated rings. The van der Waals surface area contributed by atoms with Crippen molar-refractivity contribution in [2.45, 2.75) is 6.42 Å². The second-order valence-electron chi connectivity index (χ2n) is 4.27. The molecule has 2 rings (SSSR count). The van der Waals surface area contributed by atoms with Gasteiger partial charge in [-0.05, 0) is 17.7 Å². The van der Waals surface area contributed by atoms with Gasteiger partial charge in [-0.3, -0.25) is 4.79 Å². The normalized spacial score (nSPS) is 10.2. The molecule has 0 spiro atoms. The second-order valence-corrected chi connectivity index (χ2v) is 4.27. The van der Waals surface area contributed by atoms with E-state index in [0.717, 1.165) is 11.3 Å². The fraction of sp³-hybridized carbons (Fsp3) is 0.188. The van der Waals surface area contributed by atoms with Crippen molar-refractivity contribution in [1.82, 2.24) is 0 Å². The van der Waals surface area contributed by atoms with E-state index in [1.807, 2.05) is 60.7 Å². The van der Waals surface area contributed by atoms with E-state index in [0.29, 0.717) is 13.0 Å². The molecule has 0 radical (unpaired) electrons. The molecule has 0 heterocycles. The topological polar surface area (TPSA) is 40.5 Å². The van der Waals surface area contributed by atoms with E-state index < -0.39 is 0 Å². The van der Waals surface area contributed by atoms with E-state index in [9.17, 15) is 4.79 Å². The Hall–Kier alpha value is -2.13. The summed E-state index contributed by atoms with van der Waals surface area (Å²) in [4.78, 5) is 13.9. The Balaban J connectivity index is 2.13. The minimum Gasteiger partial charge on any atom is -0.395 e. The molecule has 0 atom stereocenters. The van der Waals surface area contributed by atoms with Gasteiger partial charge in [-0.25, -0.2) is 0 Å². The molecule has 0 aromatic heterocycles. The molecule has 0 unspecified atom stereocenters. The molecule has 1 N–H and O–H groups in total. The van der Waals surface area contributed by atoms with Crippen LogP contribution in [-0.4, -0.2) is 24.2 Å². The number of aliphatic hydroxyl groups excluding tert-OH is 1. The van der Waals surface area contributed by atoms with Crippen molar-refractivity contribution in [3.05, 3.63) is 66.2 Å². The van der Waals surface area contributed by atoms with Gasteiger partial charge in [0.15, 0.2) is 0 Å². The first-order chi connectivity index (χ1) is 9.31. The Kier molecular flexibility index (Phi) is 4.70. The molecule has 0 saturated heterocycles. The van der Waals surface area contributed by atoms with Crippen LogP contribution in [0, 0.1) is 0 Å². The van der Waals surface area contributed by atoms with E-state index in [1.165, 1.54) is 0 Å². The summed E-state index contributed by atoms with van der Waals surface area (Å²) in [5.41, 5.74) is 1.80. The highest BCUT2D eigenvalue weighted by Gasteiger charge is 2.15. The molecule has 98 valence electrons. The number of carbonyl (C=O) groups excluding carboxylic acids is 1. The number of nitrogens with zero attached hydrogens (tertiary/aromatic N) is 1. The Morgan fingerprint density at radius 1 is 0.947 bits per heavy atom. The van der Waals surface area contributed by atoms with Gasteiger partial charge in [-0.2, -0.15) is 0 Å². The summed E-state index contributed by atoms with van der Waals surface area (Å²) in [5, 5.41) is 9.12. The van der Waals surface area contributed by atoms with Gasteiger partial charge >= 0.3 is 0 Å². The molecule has 0 aliphatic rings. The summed E-state index contributed by atoms with van der Waals surface area (Å²) in [7, 11) is 0. The Morgan fingerprint density at radius 2 is 1.53 bits per heavy atom. The summed E-state index contributed by atoms with van der Waals surface area (Å²) in [6.45, 7) is 0.269. The smallest absolute Gasteiger partial charge is 0.231 e. The van der Waals surface area contributed by atoms with Gasteiger partial charge in [0.25, 0.3) is 0 Å². The first-order valence-corrected chi connectivity index (χ1v) is 6.31. The van der Waals surface area contributed by atoms with Crippen LogP contribution in [-0.2, 0) is 11.2 Å². The van der Waals surface area contributed by atoms with Crippen LogP contribution in [0.2, 0.25) is 0 Å². The summed E-state index contributed by atoms with van der Waals surface area (Å²) < 4.78 is 0. The van der Waals surface area contributed by atoms with Crippen LogP contribution in [0.15, 0.2) is 60.7 Å². The lowest BCUT2D eigenvalue weighted by Gasteiger charge is -2.22. The molecule has 2 aromatic rings. The van der Waals surface area contributed by atoms with Gasteiger partial charge in [0, 0.05) is 12.2 Å². The number of amides is 1. The van der Waals surface area contributed by atoms with Crippen LogP contribution in [0.4, 0.5) is 5.69 Å². The highest BCUT2D eigenvalue weighted by molar-refractivity contribution is 5.94. The van der Waals surface area contributed by atoms with Crippen LogP contribution in [0.1, 0.15) is 5.56 Å². The number of hydrogen-bond acceptors (Lipinski definition) is 2. The lowest BCUT2D eigenvalue weighted by molar-refractivity contribution is -0.118. The van der Waals surface area contributed by atoms with Gasteiger partial charge in [-0.15, -0.1) is 0 Å². The van der Waals surface area contributed by atoms with E-state index in [-0.39, 0.29) is 12.5 Å². The number of carbonyl (C=O) groups is 1. The van der Waals surface area contributed by atoms with Crippen molar-refractivity contribution in [2.24, 2.45) is 0 Å². The first-order valence-electron chi connectivity index (χ1n) is 6.31. The standard InChI is InChI=1S/C16H17NO2/c18-12-11-17(15-9-5-2-6-10-15)16(19)13-14-7-3-1-4-8-14/h1-10,18H,11-13H2. The number of rotatable bonds is 5. The fourth-order valence-corrected chi connectivity index (χ4v) is 1.97. The van der Waals surface area contributed by atoms with Crippen LogP contribution in [0.5, 0.6) is 0 Å². The monoisotopic (exact) mass is 255 g/mol. The molecule has 19 heavy (non-hydrogen) atoms. The molecule has 0 saturated carbocycles. The second kappa shape index (κ2) is 6.71. The summed E-state index contributed by atoms with van der Waals surface area (Å²) in [5.74, 6) is -0.00792. The lowest BCUT2D eigenvalue weighted by atomic mass is 10.1. The number of hydrogen-bond donors (Lipinski definition) is 1. The van der Waals surface area contributed by atoms with Crippen molar-refractivity contribution in [3.63, 3.8) is 0 Å². The molecular formula is C16H17NO2. The summed E-state index contributed by atoms with van der Waals surface area (Å²) >= 11 is 0. The van der Waals surface area contributed by atoms with Gasteiger partial charge in [0.1, 0.15) is 0 Å². The zero-order valence-corrected chi connectivity index (χ0v) is 10.7. The van der Waals surface area contributed by atoms with Crippen molar-refractivity contribution < 1.29 is 9.90 Å². The Morgan fingerprint density at radius 3 is 2.11 bits per heavy atom. The molecule has 0 aliphatic heterocycles. The van der Waals surface area contributed by atoms with Crippen molar-refractivity contribution in [2.75, 3.05) is 18.1 Å². The van der Waals surface area contributed by atoms with Gasteiger partial charge in [0.05, 0.1) is 13.0 Å². The molecular weight excluding hydrogens is 238 g/mol. The zero-order chi connectivity index (χ0) is 13.5. The molecule has 0 bridgehead atoms. The van der Waals surface area contributed by atoms with E-state index >= 15 is 0 Å². The van der Waals surface area contributed by atoms with Gasteiger partial charge in [-0.1, -0.05) is 48.5 Å². The van der Waals surface area contributed by atoms with E-state index in [2.05, 4.69) is 0 Å². The molecule has 1 amide bonds.